The minimum absolute atomic E-state index is 1.04. The second kappa shape index (κ2) is 14.5. The number of nitrogens with zero attached hydrogens (tertiary/aromatic N) is 1. The van der Waals surface area contributed by atoms with Crippen molar-refractivity contribution >= 4 is 12.8 Å². The van der Waals surface area contributed by atoms with E-state index in [9.17, 15) is 0 Å². The Labute approximate surface area is 107 Å². The Balaban J connectivity index is 0. The molecule has 0 saturated heterocycles. The van der Waals surface area contributed by atoms with Gasteiger partial charge in [-0.05, 0) is 24.8 Å². The monoisotopic (exact) mass is 241 g/mol. The van der Waals surface area contributed by atoms with Gasteiger partial charge in [0.15, 0.2) is 0 Å². The first-order chi connectivity index (χ1) is 7.65. The normalized spacial score (nSPS) is 10.7. The largest absolute Gasteiger partial charge is 0.253 e. The Hall–Kier alpha value is -0.470. The van der Waals surface area contributed by atoms with E-state index in [1.165, 1.54) is 18.4 Å². The molecule has 0 aliphatic rings. The zero-order chi connectivity index (χ0) is 12.8. The highest BCUT2D eigenvalue weighted by atomic mass is 32.1. The molecule has 16 heavy (non-hydrogen) atoms. The molecule has 0 amide bonds. The summed E-state index contributed by atoms with van der Waals surface area (Å²) in [5, 5.41) is 0. The lowest BCUT2D eigenvalue weighted by Crippen LogP contribution is -2.13. The van der Waals surface area contributed by atoms with Gasteiger partial charge in [-0.2, -0.15) is 0 Å². The quantitative estimate of drug-likeness (QED) is 0.501. The molecule has 0 aromatic heterocycles. The lowest BCUT2D eigenvalue weighted by atomic mass is 10.2. The number of hydrogen-bond acceptors (Lipinski definition) is 2. The van der Waals surface area contributed by atoms with Crippen LogP contribution in [-0.4, -0.2) is 17.4 Å². The fraction of sp³-hybridized carbons (Fsp3) is 0.571. The van der Waals surface area contributed by atoms with Crippen molar-refractivity contribution in [3.05, 3.63) is 37.0 Å². The van der Waals surface area contributed by atoms with Crippen molar-refractivity contribution in [1.29, 1.82) is 0 Å². The predicted octanol–water partition coefficient (Wildman–Crippen LogP) is 4.65. The summed E-state index contributed by atoms with van der Waals surface area (Å²) in [6.07, 6.45) is 9.03. The Bertz CT molecular complexity index is 191. The average molecular weight is 241 g/mol. The van der Waals surface area contributed by atoms with E-state index in [1.54, 1.807) is 6.08 Å². The standard InChI is InChI=1S/C8H12.C6H15NS/c1-4-7-8(5-2)6-3;1-3-5-7(8)6-4-2/h4-5,7H,1-2,6H2,3H3;8H,3-6H2,1-2H3/b8-7+;. The van der Waals surface area contributed by atoms with E-state index >= 15 is 0 Å². The molecule has 2 heteroatoms. The van der Waals surface area contributed by atoms with Crippen LogP contribution in [0, 0.1) is 0 Å². The molecule has 0 unspecified atom stereocenters. The van der Waals surface area contributed by atoms with Gasteiger partial charge in [-0.15, -0.1) is 0 Å². The molecule has 0 radical (unpaired) electrons. The van der Waals surface area contributed by atoms with Crippen LogP contribution < -0.4 is 0 Å². The van der Waals surface area contributed by atoms with Gasteiger partial charge in [0.2, 0.25) is 0 Å². The van der Waals surface area contributed by atoms with Gasteiger partial charge >= 0.3 is 0 Å². The molecule has 0 aromatic rings. The Kier molecular flexibility index (Phi) is 16.3. The van der Waals surface area contributed by atoms with Crippen molar-refractivity contribution in [2.75, 3.05) is 13.1 Å². The summed E-state index contributed by atoms with van der Waals surface area (Å²) in [4.78, 5) is 0. The van der Waals surface area contributed by atoms with Crippen LogP contribution in [0.15, 0.2) is 37.0 Å². The van der Waals surface area contributed by atoms with E-state index in [0.717, 1.165) is 19.5 Å². The maximum absolute atomic E-state index is 4.22. The van der Waals surface area contributed by atoms with E-state index in [4.69, 9.17) is 0 Å². The molecule has 0 aliphatic heterocycles. The molecular weight excluding hydrogens is 214 g/mol. The Morgan fingerprint density at radius 1 is 1.12 bits per heavy atom. The van der Waals surface area contributed by atoms with Crippen molar-refractivity contribution in [3.8, 4) is 0 Å². The third-order valence-corrected chi connectivity index (χ3v) is 2.37. The third-order valence-electron chi connectivity index (χ3n) is 1.97. The fourth-order valence-corrected chi connectivity index (χ4v) is 1.51. The van der Waals surface area contributed by atoms with Gasteiger partial charge in [-0.25, -0.2) is 0 Å². The topological polar surface area (TPSA) is 3.24 Å². The summed E-state index contributed by atoms with van der Waals surface area (Å²) in [6.45, 7) is 15.8. The first kappa shape index (κ1) is 17.9. The maximum atomic E-state index is 4.22. The zero-order valence-electron chi connectivity index (χ0n) is 11.1. The van der Waals surface area contributed by atoms with Crippen LogP contribution in [0.3, 0.4) is 0 Å². The highest BCUT2D eigenvalue weighted by Crippen LogP contribution is 1.99. The smallest absolute Gasteiger partial charge is 0.00843 e. The van der Waals surface area contributed by atoms with Crippen molar-refractivity contribution in [2.24, 2.45) is 0 Å². The van der Waals surface area contributed by atoms with Gasteiger partial charge in [0.25, 0.3) is 0 Å². The van der Waals surface area contributed by atoms with Crippen molar-refractivity contribution in [3.63, 3.8) is 0 Å². The molecule has 0 bridgehead atoms. The first-order valence-corrected chi connectivity index (χ1v) is 6.43. The number of hydrogen-bond donors (Lipinski definition) is 1. The molecule has 0 saturated carbocycles. The molecule has 0 aliphatic carbocycles. The van der Waals surface area contributed by atoms with E-state index in [1.807, 2.05) is 12.2 Å². The molecule has 0 heterocycles. The van der Waals surface area contributed by atoms with Gasteiger partial charge in [0.05, 0.1) is 0 Å². The van der Waals surface area contributed by atoms with Gasteiger partial charge in [0, 0.05) is 13.1 Å². The van der Waals surface area contributed by atoms with Crippen LogP contribution in [-0.2, 0) is 0 Å². The first-order valence-electron chi connectivity index (χ1n) is 6.03. The average Bonchev–Trinajstić information content (AvgIpc) is 2.27. The molecule has 0 rings (SSSR count). The summed E-state index contributed by atoms with van der Waals surface area (Å²) in [7, 11) is 0. The van der Waals surface area contributed by atoms with Crippen molar-refractivity contribution < 1.29 is 0 Å². The van der Waals surface area contributed by atoms with Crippen LogP contribution in [0.4, 0.5) is 0 Å². The van der Waals surface area contributed by atoms with E-state index < -0.39 is 0 Å². The van der Waals surface area contributed by atoms with Crippen LogP contribution >= 0.6 is 12.8 Å². The summed E-state index contributed by atoms with van der Waals surface area (Å²) in [5.74, 6) is 0. The summed E-state index contributed by atoms with van der Waals surface area (Å²) in [6, 6.07) is 0. The zero-order valence-corrected chi connectivity index (χ0v) is 12.0. The lowest BCUT2D eigenvalue weighted by Gasteiger charge is -2.10. The molecular formula is C14H27NS. The molecule has 0 spiro atoms. The molecule has 0 atom stereocenters. The summed E-state index contributed by atoms with van der Waals surface area (Å²) in [5.41, 5.74) is 1.24. The lowest BCUT2D eigenvalue weighted by molar-refractivity contribution is 0.473. The number of rotatable bonds is 7. The highest BCUT2D eigenvalue weighted by molar-refractivity contribution is 7.77. The second-order valence-corrected chi connectivity index (χ2v) is 4.05. The summed E-state index contributed by atoms with van der Waals surface area (Å²) >= 11 is 4.22. The Morgan fingerprint density at radius 3 is 1.81 bits per heavy atom. The van der Waals surface area contributed by atoms with Crippen molar-refractivity contribution in [2.45, 2.75) is 40.0 Å². The predicted molar refractivity (Wildman–Crippen MR) is 79.9 cm³/mol. The maximum Gasteiger partial charge on any atom is 0.00843 e. The molecule has 0 aromatic carbocycles. The molecule has 0 N–H and O–H groups in total. The van der Waals surface area contributed by atoms with E-state index in [-0.39, 0.29) is 0 Å². The van der Waals surface area contributed by atoms with E-state index in [2.05, 4.69) is 51.0 Å². The number of thiol groups is 1. The SMILES string of the molecule is C=C/C=C(\C=C)CC.CCCN(S)CCC. The van der Waals surface area contributed by atoms with Crippen LogP contribution in [0.1, 0.15) is 40.0 Å². The van der Waals surface area contributed by atoms with Crippen LogP contribution in [0.2, 0.25) is 0 Å². The fourth-order valence-electron chi connectivity index (χ4n) is 1.11. The van der Waals surface area contributed by atoms with Gasteiger partial charge < -0.3 is 0 Å². The third kappa shape index (κ3) is 13.5. The molecule has 1 nitrogen and oxygen atoms in total. The molecule has 94 valence electrons. The van der Waals surface area contributed by atoms with Gasteiger partial charge in [-0.3, -0.25) is 4.31 Å². The van der Waals surface area contributed by atoms with E-state index in [0.29, 0.717) is 0 Å². The summed E-state index contributed by atoms with van der Waals surface area (Å²) < 4.78 is 2.06. The number of allylic oxidation sites excluding steroid dienone is 4. The second-order valence-electron chi connectivity index (χ2n) is 3.49. The van der Waals surface area contributed by atoms with Crippen LogP contribution in [0.25, 0.3) is 0 Å². The van der Waals surface area contributed by atoms with Crippen molar-refractivity contribution in [1.82, 2.24) is 4.31 Å². The Morgan fingerprint density at radius 2 is 1.62 bits per heavy atom. The minimum atomic E-state index is 1.04. The molecule has 0 fully saturated rings. The van der Waals surface area contributed by atoms with Gasteiger partial charge in [0.1, 0.15) is 0 Å². The van der Waals surface area contributed by atoms with Gasteiger partial charge in [-0.1, -0.05) is 65.0 Å². The minimum Gasteiger partial charge on any atom is -0.253 e. The van der Waals surface area contributed by atoms with Crippen LogP contribution in [0.5, 0.6) is 0 Å². The highest BCUT2D eigenvalue weighted by Gasteiger charge is 1.91.